The number of carbonyl (C=O) groups excluding carboxylic acids is 1. The van der Waals surface area contributed by atoms with Gasteiger partial charge in [-0.2, -0.15) is 5.26 Å². The number of nitrogens with one attached hydrogen (secondary N) is 1. The Morgan fingerprint density at radius 3 is 2.62 bits per heavy atom. The summed E-state index contributed by atoms with van der Waals surface area (Å²) in [5, 5.41) is 13.5. The number of hydrogen-bond donors (Lipinski definition) is 1. The van der Waals surface area contributed by atoms with Gasteiger partial charge in [0.25, 0.3) is 0 Å². The van der Waals surface area contributed by atoms with Crippen LogP contribution in [0.2, 0.25) is 10.0 Å². The average molecular weight is 431 g/mol. The topological polar surface area (TPSA) is 62.1 Å². The van der Waals surface area contributed by atoms with Crippen molar-refractivity contribution in [2.45, 2.75) is 50.9 Å². The smallest absolute Gasteiger partial charge is 0.235 e. The molecule has 2 aromatic carbocycles. The summed E-state index contributed by atoms with van der Waals surface area (Å²) in [4.78, 5) is 13.4. The van der Waals surface area contributed by atoms with Gasteiger partial charge in [-0.25, -0.2) is 0 Å². The number of hydrogen-bond acceptors (Lipinski definition) is 3. The van der Waals surface area contributed by atoms with Crippen LogP contribution in [0, 0.1) is 11.3 Å². The van der Waals surface area contributed by atoms with Crippen molar-refractivity contribution >= 4 is 34.8 Å². The van der Waals surface area contributed by atoms with Gasteiger partial charge in [-0.3, -0.25) is 4.79 Å². The SMILES string of the molecule is CCCCOc1ccc(NC(=O)C2(c3ccc(Cl)cc3Cl)CCCC2)cc1C#N. The van der Waals surface area contributed by atoms with E-state index in [1.807, 2.05) is 6.07 Å². The van der Waals surface area contributed by atoms with Gasteiger partial charge in [-0.15, -0.1) is 0 Å². The highest BCUT2D eigenvalue weighted by atomic mass is 35.5. The molecule has 1 saturated carbocycles. The van der Waals surface area contributed by atoms with Gasteiger partial charge < -0.3 is 10.1 Å². The standard InChI is InChI=1S/C23H24Cl2N2O2/c1-2-3-12-29-21-9-7-18(13-16(21)15-26)27-22(28)23(10-4-5-11-23)19-8-6-17(24)14-20(19)25/h6-9,13-14H,2-5,10-12H2,1H3,(H,27,28). The van der Waals surface area contributed by atoms with Crippen LogP contribution in [0.3, 0.4) is 0 Å². The molecule has 152 valence electrons. The number of rotatable bonds is 7. The Balaban J connectivity index is 1.85. The fourth-order valence-electron chi connectivity index (χ4n) is 3.87. The molecular formula is C23H24Cl2N2O2. The molecule has 29 heavy (non-hydrogen) atoms. The van der Waals surface area contributed by atoms with E-state index in [2.05, 4.69) is 18.3 Å². The number of unbranched alkanes of at least 4 members (excludes halogenated alkanes) is 1. The van der Waals surface area contributed by atoms with E-state index in [9.17, 15) is 10.1 Å². The monoisotopic (exact) mass is 430 g/mol. The van der Waals surface area contributed by atoms with Gasteiger partial charge in [0, 0.05) is 15.7 Å². The fraction of sp³-hybridized carbons (Fsp3) is 0.391. The van der Waals surface area contributed by atoms with Crippen molar-refractivity contribution in [2.24, 2.45) is 0 Å². The Morgan fingerprint density at radius 1 is 1.21 bits per heavy atom. The maximum atomic E-state index is 13.4. The second-order valence-corrected chi connectivity index (χ2v) is 8.24. The number of nitrogens with zero attached hydrogens (tertiary/aromatic N) is 1. The molecule has 0 saturated heterocycles. The molecule has 1 N–H and O–H groups in total. The van der Waals surface area contributed by atoms with E-state index in [-0.39, 0.29) is 5.91 Å². The predicted octanol–water partition coefficient (Wildman–Crippen LogP) is 6.49. The van der Waals surface area contributed by atoms with Crippen molar-refractivity contribution in [1.82, 2.24) is 0 Å². The minimum absolute atomic E-state index is 0.109. The van der Waals surface area contributed by atoms with E-state index in [1.54, 1.807) is 30.3 Å². The third kappa shape index (κ3) is 4.69. The van der Waals surface area contributed by atoms with Crippen molar-refractivity contribution < 1.29 is 9.53 Å². The molecule has 3 rings (SSSR count). The first-order chi connectivity index (χ1) is 14.0. The number of anilines is 1. The summed E-state index contributed by atoms with van der Waals surface area (Å²) < 4.78 is 5.68. The van der Waals surface area contributed by atoms with Crippen LogP contribution in [-0.4, -0.2) is 12.5 Å². The van der Waals surface area contributed by atoms with Gasteiger partial charge in [0.1, 0.15) is 11.8 Å². The first-order valence-electron chi connectivity index (χ1n) is 9.94. The van der Waals surface area contributed by atoms with Gasteiger partial charge in [-0.1, -0.05) is 55.5 Å². The van der Waals surface area contributed by atoms with E-state index < -0.39 is 5.41 Å². The highest BCUT2D eigenvalue weighted by Gasteiger charge is 2.44. The molecule has 0 bridgehead atoms. The lowest BCUT2D eigenvalue weighted by atomic mass is 9.78. The lowest BCUT2D eigenvalue weighted by Gasteiger charge is -2.29. The zero-order valence-electron chi connectivity index (χ0n) is 16.4. The van der Waals surface area contributed by atoms with Crippen molar-refractivity contribution in [3.05, 3.63) is 57.6 Å². The Labute approximate surface area is 181 Å². The van der Waals surface area contributed by atoms with Gasteiger partial charge >= 0.3 is 0 Å². The number of halogens is 2. The van der Waals surface area contributed by atoms with Gasteiger partial charge in [0.05, 0.1) is 17.6 Å². The summed E-state index contributed by atoms with van der Waals surface area (Å²) in [6.45, 7) is 2.65. The summed E-state index contributed by atoms with van der Waals surface area (Å²) in [6.07, 6.45) is 5.31. The molecular weight excluding hydrogens is 407 g/mol. The molecule has 2 aromatic rings. The molecule has 0 aliphatic heterocycles. The second kappa shape index (κ2) is 9.52. The summed E-state index contributed by atoms with van der Waals surface area (Å²) >= 11 is 12.5. The van der Waals surface area contributed by atoms with E-state index in [4.69, 9.17) is 27.9 Å². The van der Waals surface area contributed by atoms with Crippen LogP contribution < -0.4 is 10.1 Å². The van der Waals surface area contributed by atoms with Gasteiger partial charge in [0.15, 0.2) is 0 Å². The maximum absolute atomic E-state index is 13.4. The lowest BCUT2D eigenvalue weighted by Crippen LogP contribution is -2.38. The minimum Gasteiger partial charge on any atom is -0.492 e. The van der Waals surface area contributed by atoms with Crippen LogP contribution in [0.4, 0.5) is 5.69 Å². The maximum Gasteiger partial charge on any atom is 0.235 e. The highest BCUT2D eigenvalue weighted by Crippen LogP contribution is 2.45. The van der Waals surface area contributed by atoms with Crippen molar-refractivity contribution in [2.75, 3.05) is 11.9 Å². The van der Waals surface area contributed by atoms with E-state index >= 15 is 0 Å². The molecule has 1 amide bonds. The van der Waals surface area contributed by atoms with Crippen molar-refractivity contribution in [3.63, 3.8) is 0 Å². The van der Waals surface area contributed by atoms with Crippen LogP contribution in [0.5, 0.6) is 5.75 Å². The molecule has 0 spiro atoms. The summed E-state index contributed by atoms with van der Waals surface area (Å²) in [6, 6.07) is 12.6. The Bertz CT molecular complexity index is 931. The van der Waals surface area contributed by atoms with Gasteiger partial charge in [0.2, 0.25) is 5.91 Å². The first-order valence-corrected chi connectivity index (χ1v) is 10.7. The molecule has 1 aliphatic carbocycles. The van der Waals surface area contributed by atoms with Crippen LogP contribution in [0.1, 0.15) is 56.6 Å². The normalized spacial score (nSPS) is 15.0. The minimum atomic E-state index is -0.690. The second-order valence-electron chi connectivity index (χ2n) is 7.39. The number of benzene rings is 2. The number of amides is 1. The molecule has 0 atom stereocenters. The van der Waals surface area contributed by atoms with E-state index in [1.165, 1.54) is 0 Å². The zero-order valence-corrected chi connectivity index (χ0v) is 17.9. The zero-order chi connectivity index (χ0) is 20.9. The summed E-state index contributed by atoms with van der Waals surface area (Å²) in [5.74, 6) is 0.429. The van der Waals surface area contributed by atoms with E-state index in [0.29, 0.717) is 33.7 Å². The lowest BCUT2D eigenvalue weighted by molar-refractivity contribution is -0.121. The average Bonchev–Trinajstić information content (AvgIpc) is 3.20. The highest BCUT2D eigenvalue weighted by molar-refractivity contribution is 6.35. The Morgan fingerprint density at radius 2 is 1.97 bits per heavy atom. The first kappa shape index (κ1) is 21.5. The predicted molar refractivity (Wildman–Crippen MR) is 117 cm³/mol. The molecule has 4 nitrogen and oxygen atoms in total. The summed E-state index contributed by atoms with van der Waals surface area (Å²) in [5.41, 5.74) is 1.10. The quantitative estimate of drug-likeness (QED) is 0.510. The van der Waals surface area contributed by atoms with Crippen LogP contribution in [0.15, 0.2) is 36.4 Å². The largest absolute Gasteiger partial charge is 0.492 e. The van der Waals surface area contributed by atoms with Crippen LogP contribution in [0.25, 0.3) is 0 Å². The third-order valence-electron chi connectivity index (χ3n) is 5.45. The molecule has 0 radical (unpaired) electrons. The molecule has 1 fully saturated rings. The van der Waals surface area contributed by atoms with Crippen molar-refractivity contribution in [3.8, 4) is 11.8 Å². The molecule has 6 heteroatoms. The van der Waals surface area contributed by atoms with E-state index in [0.717, 1.165) is 44.1 Å². The van der Waals surface area contributed by atoms with Crippen LogP contribution >= 0.6 is 23.2 Å². The van der Waals surface area contributed by atoms with Crippen molar-refractivity contribution in [1.29, 1.82) is 5.26 Å². The molecule has 0 aromatic heterocycles. The summed E-state index contributed by atoms with van der Waals surface area (Å²) in [7, 11) is 0. The Kier molecular flexibility index (Phi) is 7.05. The number of ether oxygens (including phenoxy) is 1. The third-order valence-corrected chi connectivity index (χ3v) is 6.00. The molecule has 0 unspecified atom stereocenters. The molecule has 1 aliphatic rings. The molecule has 0 heterocycles. The number of nitriles is 1. The number of carbonyl (C=O) groups is 1. The fourth-order valence-corrected chi connectivity index (χ4v) is 4.46. The van der Waals surface area contributed by atoms with Gasteiger partial charge in [-0.05, 0) is 55.2 Å². The Hall–Kier alpha value is -2.22. The van der Waals surface area contributed by atoms with Crippen LogP contribution in [-0.2, 0) is 10.2 Å².